The van der Waals surface area contributed by atoms with Gasteiger partial charge in [0, 0.05) is 12.6 Å². The van der Waals surface area contributed by atoms with E-state index in [4.69, 9.17) is 0 Å². The SMILES string of the molecule is C(=C/c1ccccc1)/CN1CCC[C@@H]1Cn1cncn1. The van der Waals surface area contributed by atoms with Gasteiger partial charge in [-0.3, -0.25) is 9.58 Å². The van der Waals surface area contributed by atoms with E-state index in [2.05, 4.69) is 51.4 Å². The largest absolute Gasteiger partial charge is 0.295 e. The van der Waals surface area contributed by atoms with E-state index < -0.39 is 0 Å². The average molecular weight is 268 g/mol. The van der Waals surface area contributed by atoms with Gasteiger partial charge in [0.15, 0.2) is 0 Å². The van der Waals surface area contributed by atoms with E-state index >= 15 is 0 Å². The molecule has 0 amide bonds. The Morgan fingerprint density at radius 3 is 2.95 bits per heavy atom. The fraction of sp³-hybridized carbons (Fsp3) is 0.375. The lowest BCUT2D eigenvalue weighted by molar-refractivity contribution is 0.249. The molecule has 1 saturated heterocycles. The molecule has 1 aromatic carbocycles. The first kappa shape index (κ1) is 13.1. The van der Waals surface area contributed by atoms with Gasteiger partial charge >= 0.3 is 0 Å². The lowest BCUT2D eigenvalue weighted by Crippen LogP contribution is -2.33. The average Bonchev–Trinajstić information content (AvgIpc) is 3.13. The van der Waals surface area contributed by atoms with Gasteiger partial charge in [0.1, 0.15) is 12.7 Å². The Bertz CT molecular complexity index is 533. The van der Waals surface area contributed by atoms with Crippen molar-refractivity contribution in [1.29, 1.82) is 0 Å². The Hall–Kier alpha value is -1.94. The Morgan fingerprint density at radius 1 is 1.25 bits per heavy atom. The van der Waals surface area contributed by atoms with Crippen molar-refractivity contribution in [1.82, 2.24) is 19.7 Å². The van der Waals surface area contributed by atoms with Gasteiger partial charge in [0.05, 0.1) is 6.54 Å². The molecule has 104 valence electrons. The summed E-state index contributed by atoms with van der Waals surface area (Å²) in [7, 11) is 0. The highest BCUT2D eigenvalue weighted by atomic mass is 15.3. The fourth-order valence-electron chi connectivity index (χ4n) is 2.77. The van der Waals surface area contributed by atoms with E-state index in [0.717, 1.165) is 13.1 Å². The first-order valence-corrected chi connectivity index (χ1v) is 7.20. The van der Waals surface area contributed by atoms with Crippen molar-refractivity contribution in [3.63, 3.8) is 0 Å². The minimum Gasteiger partial charge on any atom is -0.295 e. The van der Waals surface area contributed by atoms with Crippen molar-refractivity contribution in [3.05, 3.63) is 54.6 Å². The molecular formula is C16H20N4. The van der Waals surface area contributed by atoms with Crippen LogP contribution in [-0.4, -0.2) is 38.8 Å². The van der Waals surface area contributed by atoms with Crippen molar-refractivity contribution in [3.8, 4) is 0 Å². The maximum Gasteiger partial charge on any atom is 0.137 e. The zero-order valence-corrected chi connectivity index (χ0v) is 11.6. The third-order valence-corrected chi connectivity index (χ3v) is 3.81. The van der Waals surface area contributed by atoms with Gasteiger partial charge in [0.25, 0.3) is 0 Å². The normalized spacial score (nSPS) is 19.9. The third-order valence-electron chi connectivity index (χ3n) is 3.81. The number of likely N-dealkylation sites (tertiary alicyclic amines) is 1. The molecular weight excluding hydrogens is 248 g/mol. The van der Waals surface area contributed by atoms with E-state index in [-0.39, 0.29) is 0 Å². The number of aromatic nitrogens is 3. The number of rotatable bonds is 5. The Kier molecular flexibility index (Phi) is 4.23. The first-order chi connectivity index (χ1) is 9.92. The van der Waals surface area contributed by atoms with Crippen LogP contribution in [0, 0.1) is 0 Å². The summed E-state index contributed by atoms with van der Waals surface area (Å²) in [5, 5.41) is 4.20. The summed E-state index contributed by atoms with van der Waals surface area (Å²) in [6.07, 6.45) is 10.4. The zero-order valence-electron chi connectivity index (χ0n) is 11.6. The summed E-state index contributed by atoms with van der Waals surface area (Å²) in [6.45, 7) is 3.13. The van der Waals surface area contributed by atoms with Crippen LogP contribution in [0.2, 0.25) is 0 Å². The van der Waals surface area contributed by atoms with Crippen LogP contribution in [0.15, 0.2) is 49.1 Å². The van der Waals surface area contributed by atoms with Crippen LogP contribution in [0.3, 0.4) is 0 Å². The Balaban J connectivity index is 1.55. The van der Waals surface area contributed by atoms with Gasteiger partial charge < -0.3 is 0 Å². The van der Waals surface area contributed by atoms with E-state index in [0.29, 0.717) is 6.04 Å². The molecule has 1 aromatic heterocycles. The maximum atomic E-state index is 4.20. The van der Waals surface area contributed by atoms with Gasteiger partial charge in [0.2, 0.25) is 0 Å². The van der Waals surface area contributed by atoms with Gasteiger partial charge in [-0.15, -0.1) is 0 Å². The van der Waals surface area contributed by atoms with Crippen molar-refractivity contribution < 1.29 is 0 Å². The summed E-state index contributed by atoms with van der Waals surface area (Å²) in [4.78, 5) is 6.54. The smallest absolute Gasteiger partial charge is 0.137 e. The topological polar surface area (TPSA) is 34.0 Å². The molecule has 0 N–H and O–H groups in total. The third kappa shape index (κ3) is 3.33. The number of hydrogen-bond acceptors (Lipinski definition) is 3. The molecule has 4 nitrogen and oxygen atoms in total. The van der Waals surface area contributed by atoms with Crippen molar-refractivity contribution >= 4 is 6.08 Å². The molecule has 0 saturated carbocycles. The highest BCUT2D eigenvalue weighted by molar-refractivity contribution is 5.48. The standard InChI is InChI=1S/C16H20N4/c1-2-6-15(7-3-1)8-4-10-19-11-5-9-16(19)12-20-14-17-13-18-20/h1-4,6-8,13-14,16H,5,9-12H2/b8-4-/t16-/m1/s1. The molecule has 1 atom stereocenters. The summed E-state index contributed by atoms with van der Waals surface area (Å²) in [5.41, 5.74) is 1.26. The molecule has 1 fully saturated rings. The minimum absolute atomic E-state index is 0.581. The van der Waals surface area contributed by atoms with Gasteiger partial charge in [-0.2, -0.15) is 5.10 Å². The predicted octanol–water partition coefficient (Wildman–Crippen LogP) is 2.46. The van der Waals surface area contributed by atoms with Crippen LogP contribution in [0.4, 0.5) is 0 Å². The second-order valence-electron chi connectivity index (χ2n) is 5.22. The highest BCUT2D eigenvalue weighted by Gasteiger charge is 2.23. The highest BCUT2D eigenvalue weighted by Crippen LogP contribution is 2.18. The lowest BCUT2D eigenvalue weighted by Gasteiger charge is -2.22. The van der Waals surface area contributed by atoms with Crippen LogP contribution in [-0.2, 0) is 6.54 Å². The van der Waals surface area contributed by atoms with Crippen LogP contribution in [0.5, 0.6) is 0 Å². The minimum atomic E-state index is 0.581. The summed E-state index contributed by atoms with van der Waals surface area (Å²) >= 11 is 0. The summed E-state index contributed by atoms with van der Waals surface area (Å²) in [6, 6.07) is 11.0. The van der Waals surface area contributed by atoms with Gasteiger partial charge in [-0.1, -0.05) is 42.5 Å². The maximum absolute atomic E-state index is 4.20. The molecule has 0 bridgehead atoms. The molecule has 0 spiro atoms. The summed E-state index contributed by atoms with van der Waals surface area (Å²) < 4.78 is 1.93. The second kappa shape index (κ2) is 6.48. The van der Waals surface area contributed by atoms with E-state index in [1.807, 2.05) is 10.7 Å². The zero-order chi connectivity index (χ0) is 13.6. The molecule has 0 aliphatic carbocycles. The quantitative estimate of drug-likeness (QED) is 0.835. The van der Waals surface area contributed by atoms with Crippen LogP contribution in [0.25, 0.3) is 6.08 Å². The number of hydrogen-bond donors (Lipinski definition) is 0. The molecule has 4 heteroatoms. The van der Waals surface area contributed by atoms with E-state index in [9.17, 15) is 0 Å². The van der Waals surface area contributed by atoms with Crippen molar-refractivity contribution in [2.75, 3.05) is 13.1 Å². The van der Waals surface area contributed by atoms with Crippen LogP contribution in [0.1, 0.15) is 18.4 Å². The van der Waals surface area contributed by atoms with Crippen molar-refractivity contribution in [2.24, 2.45) is 0 Å². The van der Waals surface area contributed by atoms with Gasteiger partial charge in [-0.25, -0.2) is 4.98 Å². The molecule has 1 aliphatic rings. The van der Waals surface area contributed by atoms with Crippen LogP contribution >= 0.6 is 0 Å². The lowest BCUT2D eigenvalue weighted by atomic mass is 10.2. The monoisotopic (exact) mass is 268 g/mol. The first-order valence-electron chi connectivity index (χ1n) is 7.20. The Labute approximate surface area is 119 Å². The molecule has 2 heterocycles. The summed E-state index contributed by atoms with van der Waals surface area (Å²) in [5.74, 6) is 0. The van der Waals surface area contributed by atoms with E-state index in [1.165, 1.54) is 24.9 Å². The molecule has 2 aromatic rings. The second-order valence-corrected chi connectivity index (χ2v) is 5.22. The van der Waals surface area contributed by atoms with Gasteiger partial charge in [-0.05, 0) is 24.9 Å². The molecule has 0 unspecified atom stereocenters. The Morgan fingerprint density at radius 2 is 2.15 bits per heavy atom. The van der Waals surface area contributed by atoms with Crippen molar-refractivity contribution in [2.45, 2.75) is 25.4 Å². The van der Waals surface area contributed by atoms with Crippen LogP contribution < -0.4 is 0 Å². The number of benzene rings is 1. The number of nitrogens with zero attached hydrogens (tertiary/aromatic N) is 4. The van der Waals surface area contributed by atoms with E-state index in [1.54, 1.807) is 12.7 Å². The molecule has 3 rings (SSSR count). The molecule has 1 aliphatic heterocycles. The molecule has 0 radical (unpaired) electrons. The molecule has 20 heavy (non-hydrogen) atoms. The fourth-order valence-corrected chi connectivity index (χ4v) is 2.77. The predicted molar refractivity (Wildman–Crippen MR) is 80.1 cm³/mol.